The number of benzene rings is 3. The fraction of sp³-hybridized carbons (Fsp3) is 0.610. The smallest absolute Gasteiger partial charge is 0.411 e. The lowest BCUT2D eigenvalue weighted by Crippen LogP contribution is -2.60. The van der Waals surface area contributed by atoms with Gasteiger partial charge in [0.1, 0.15) is 30.8 Å². The number of carbonyl (C=O) groups is 12. The second-order valence-electron chi connectivity index (χ2n) is 28.8. The van der Waals surface area contributed by atoms with Gasteiger partial charge in [-0.25, -0.2) is 14.4 Å². The number of esters is 1. The van der Waals surface area contributed by atoms with Crippen LogP contribution in [0.2, 0.25) is 0 Å². The number of ether oxygens (including phenoxy) is 4. The minimum atomic E-state index is -1.09. The summed E-state index contributed by atoms with van der Waals surface area (Å²) in [5.74, 6) is -5.92. The molecule has 5 rings (SSSR count). The van der Waals surface area contributed by atoms with Crippen LogP contribution >= 0.6 is 12.6 Å². The normalized spacial score (nSPS) is 17.3. The number of nitrogens with two attached hydrogens (primary N) is 1. The fourth-order valence-corrected chi connectivity index (χ4v) is 14.1. The zero-order chi connectivity index (χ0) is 78.5. The van der Waals surface area contributed by atoms with E-state index in [0.717, 1.165) is 11.1 Å². The van der Waals surface area contributed by atoms with E-state index in [2.05, 4.69) is 49.8 Å². The first-order chi connectivity index (χ1) is 50.4. The molecule has 106 heavy (non-hydrogen) atoms. The lowest BCUT2D eigenvalue weighted by molar-refractivity contribution is -0.149. The molecular weight excluding hydrogens is 1380 g/mol. The SMILES string of the molecule is CC[C@H](C)[C@@H]([C@@H](CC(=O)N1CCC[C@H]1[C@H](OC)[C@@H](C)C(=O)N[C@@H](Cc1ccccc1)C(=O)OC)OC)N(C)C(=O)[C@@H](NC(=O)[C@H](C(C)C)N(C)Cc1cccc(NC(=O)OCc2ccc(NC(=O)[C@H](CCCNC(N)=O)NC(=O)[C@@H](NC(=O)CCCCCN3C(=O)CC(CS)C3=O)C(C)C)cc2)c1)C(C)C. The van der Waals surface area contributed by atoms with Crippen LogP contribution in [0.3, 0.4) is 0 Å². The number of hydrogen-bond donors (Lipinski definition) is 9. The molecule has 0 aromatic heterocycles. The number of likely N-dealkylation sites (N-methyl/N-ethyl adjacent to an activating group) is 2. The number of rotatable bonds is 43. The van der Waals surface area contributed by atoms with Crippen LogP contribution in [-0.2, 0) is 86.5 Å². The second kappa shape index (κ2) is 43.8. The van der Waals surface area contributed by atoms with Gasteiger partial charge in [0.15, 0.2) is 0 Å². The molecule has 3 aromatic rings. The third kappa shape index (κ3) is 26.4. The average Bonchev–Trinajstić information content (AvgIpc) is 1.35. The monoisotopic (exact) mass is 1500 g/mol. The third-order valence-corrected chi connectivity index (χ3v) is 20.3. The zero-order valence-corrected chi connectivity index (χ0v) is 65.1. The van der Waals surface area contributed by atoms with E-state index in [1.807, 2.05) is 89.9 Å². The number of methoxy groups -OCH3 is 3. The highest BCUT2D eigenvalue weighted by Gasteiger charge is 2.44. The number of likely N-dealkylation sites (tertiary alicyclic amines) is 2. The fourth-order valence-electron chi connectivity index (χ4n) is 13.8. The first-order valence-electron chi connectivity index (χ1n) is 36.9. The van der Waals surface area contributed by atoms with Crippen molar-refractivity contribution in [2.75, 3.05) is 71.4 Å². The maximum Gasteiger partial charge on any atom is 0.411 e. The van der Waals surface area contributed by atoms with E-state index in [1.165, 1.54) is 26.2 Å². The summed E-state index contributed by atoms with van der Waals surface area (Å²) >= 11 is 4.16. The molecule has 3 aromatic carbocycles. The molecule has 12 amide bonds. The van der Waals surface area contributed by atoms with Crippen molar-refractivity contribution in [3.63, 3.8) is 0 Å². The van der Waals surface area contributed by atoms with Crippen molar-refractivity contribution in [1.82, 2.24) is 46.2 Å². The molecule has 0 spiro atoms. The minimum Gasteiger partial charge on any atom is -0.467 e. The van der Waals surface area contributed by atoms with Crippen LogP contribution in [0.1, 0.15) is 150 Å². The number of thiol groups is 1. The van der Waals surface area contributed by atoms with Crippen molar-refractivity contribution >= 4 is 95.3 Å². The number of anilines is 2. The Hall–Kier alpha value is -8.67. The Kier molecular flexibility index (Phi) is 36.4. The van der Waals surface area contributed by atoms with Gasteiger partial charge < -0.3 is 66.4 Å². The van der Waals surface area contributed by atoms with Crippen molar-refractivity contribution in [2.45, 2.75) is 207 Å². The Morgan fingerprint density at radius 2 is 1.36 bits per heavy atom. The van der Waals surface area contributed by atoms with Gasteiger partial charge in [-0.2, -0.15) is 12.6 Å². The average molecular weight is 1500 g/mol. The van der Waals surface area contributed by atoms with E-state index >= 15 is 0 Å². The van der Waals surface area contributed by atoms with E-state index in [9.17, 15) is 57.5 Å². The highest BCUT2D eigenvalue weighted by molar-refractivity contribution is 7.80. The Morgan fingerprint density at radius 1 is 0.689 bits per heavy atom. The highest BCUT2D eigenvalue weighted by Crippen LogP contribution is 2.31. The van der Waals surface area contributed by atoms with Crippen LogP contribution in [0.4, 0.5) is 21.0 Å². The summed E-state index contributed by atoms with van der Waals surface area (Å²) in [6.07, 6.45) is 1.93. The first kappa shape index (κ1) is 88.0. The summed E-state index contributed by atoms with van der Waals surface area (Å²) in [6, 6.07) is 16.4. The first-order valence-corrected chi connectivity index (χ1v) is 37.6. The van der Waals surface area contributed by atoms with E-state index in [4.69, 9.17) is 24.7 Å². The third-order valence-electron chi connectivity index (χ3n) is 19.9. The van der Waals surface area contributed by atoms with E-state index in [0.29, 0.717) is 67.8 Å². The van der Waals surface area contributed by atoms with Crippen molar-refractivity contribution < 1.29 is 76.5 Å². The van der Waals surface area contributed by atoms with Crippen LogP contribution in [0, 0.1) is 35.5 Å². The van der Waals surface area contributed by atoms with Crippen LogP contribution in [-0.4, -0.2) is 206 Å². The summed E-state index contributed by atoms with van der Waals surface area (Å²) in [7, 11) is 7.78. The predicted octanol–water partition coefficient (Wildman–Crippen LogP) is 6.73. The van der Waals surface area contributed by atoms with Gasteiger partial charge >= 0.3 is 18.1 Å². The number of urea groups is 1. The minimum absolute atomic E-state index is 0.0845. The lowest BCUT2D eigenvalue weighted by atomic mass is 9.89. The van der Waals surface area contributed by atoms with Gasteiger partial charge in [-0.1, -0.05) is 130 Å². The summed E-state index contributed by atoms with van der Waals surface area (Å²) in [5.41, 5.74) is 8.24. The Balaban J connectivity index is 1.15. The largest absolute Gasteiger partial charge is 0.467 e. The Labute approximate surface area is 630 Å². The Bertz CT molecular complexity index is 3420. The van der Waals surface area contributed by atoms with E-state index in [-0.39, 0.29) is 124 Å². The van der Waals surface area contributed by atoms with Crippen molar-refractivity contribution in [3.05, 3.63) is 95.6 Å². The second-order valence-corrected chi connectivity index (χ2v) is 29.2. The van der Waals surface area contributed by atoms with E-state index in [1.54, 1.807) is 80.1 Å². The summed E-state index contributed by atoms with van der Waals surface area (Å²) < 4.78 is 22.8. The molecule has 0 bridgehead atoms. The van der Waals surface area contributed by atoms with Crippen LogP contribution < -0.4 is 43.0 Å². The number of nitrogens with zero attached hydrogens (tertiary/aromatic N) is 4. The molecule has 0 saturated carbocycles. The molecule has 586 valence electrons. The quantitative estimate of drug-likeness (QED) is 0.0123. The van der Waals surface area contributed by atoms with Gasteiger partial charge in [-0.05, 0) is 110 Å². The summed E-state index contributed by atoms with van der Waals surface area (Å²) in [5, 5.41) is 19.6. The van der Waals surface area contributed by atoms with Crippen molar-refractivity contribution in [1.29, 1.82) is 0 Å². The molecular formula is C77H116N12O16S. The Morgan fingerprint density at radius 3 is 1.96 bits per heavy atom. The molecule has 2 aliphatic heterocycles. The van der Waals surface area contributed by atoms with Crippen molar-refractivity contribution in [2.24, 2.45) is 41.2 Å². The standard InChI is InChI=1S/C77H116N12O16S/c1-15-49(8)67(60(102-12)42-63(92)88-38-24-30-59(88)68(103-13)50(9)69(93)83-58(75(99)104-14)40-51-25-18-16-19-26-51)87(11)74(98)65(47(4)5)85-72(96)66(48(6)7)86(10)43-53-27-22-28-56(39-53)81-77(101)105-44-52-32-34-55(35-33-52)80-70(94)57(29-23-36-79-76(78)100)82-71(95)64(46(2)3)84-61(90)31-20-17-21-37-89-62(91)41-54(45-106)73(89)97/h16,18-19,22,25-28,32-35,39,46-50,54,57-60,64-68,106H,15,17,20-21,23-24,29-31,36-38,40-45H2,1-14H3,(H,80,94)(H,81,101)(H,82,95)(H,83,93)(H,84,90)(H,85,96)(H3,78,79,100)/t49-,50+,54?,57-,58-,59-,60+,64-,65-,66-,67-,68+/m0/s1. The van der Waals surface area contributed by atoms with Gasteiger partial charge in [0.25, 0.3) is 0 Å². The number of amides is 12. The zero-order valence-electron chi connectivity index (χ0n) is 64.2. The highest BCUT2D eigenvalue weighted by atomic mass is 32.1. The summed E-state index contributed by atoms with van der Waals surface area (Å²) in [6.45, 7) is 17.7. The van der Waals surface area contributed by atoms with Gasteiger partial charge in [-0.3, -0.25) is 58.3 Å². The van der Waals surface area contributed by atoms with Crippen molar-refractivity contribution in [3.8, 4) is 0 Å². The van der Waals surface area contributed by atoms with Gasteiger partial charge in [-0.15, -0.1) is 0 Å². The van der Waals surface area contributed by atoms with E-state index < -0.39 is 102 Å². The van der Waals surface area contributed by atoms with Gasteiger partial charge in [0.2, 0.25) is 53.2 Å². The summed E-state index contributed by atoms with van der Waals surface area (Å²) in [4.78, 5) is 167. The topological polar surface area (TPSA) is 365 Å². The number of carbonyl (C=O) groups excluding carboxylic acids is 12. The number of unbranched alkanes of at least 4 members (excludes halogenated alkanes) is 2. The molecule has 12 atom stereocenters. The number of imide groups is 1. The maximum atomic E-state index is 14.9. The van der Waals surface area contributed by atoms with Gasteiger partial charge in [0, 0.05) is 83.8 Å². The van der Waals surface area contributed by atoms with Gasteiger partial charge in [0.05, 0.1) is 55.7 Å². The molecule has 2 fully saturated rings. The molecule has 28 nitrogen and oxygen atoms in total. The van der Waals surface area contributed by atoms with Crippen LogP contribution in [0.5, 0.6) is 0 Å². The maximum absolute atomic E-state index is 14.9. The number of primary amides is 1. The molecule has 1 unspecified atom stereocenters. The predicted molar refractivity (Wildman–Crippen MR) is 405 cm³/mol. The molecule has 2 saturated heterocycles. The molecule has 0 radical (unpaired) electrons. The molecule has 29 heteroatoms. The molecule has 2 heterocycles. The molecule has 0 aliphatic carbocycles. The molecule has 2 aliphatic rings. The number of nitrogens with one attached hydrogen (secondary N) is 7. The lowest BCUT2D eigenvalue weighted by Gasteiger charge is -2.41. The molecule has 9 N–H and O–H groups in total. The van der Waals surface area contributed by atoms with Crippen LogP contribution in [0.25, 0.3) is 0 Å². The number of hydrogen-bond acceptors (Lipinski definition) is 18. The van der Waals surface area contributed by atoms with Crippen LogP contribution in [0.15, 0.2) is 78.9 Å².